The Morgan fingerprint density at radius 2 is 2.19 bits per heavy atom. The van der Waals surface area contributed by atoms with Crippen molar-refractivity contribution in [2.45, 2.75) is 52.4 Å². The van der Waals surface area contributed by atoms with Gasteiger partial charge in [0, 0.05) is 6.61 Å². The third-order valence-corrected chi connectivity index (χ3v) is 4.03. The Labute approximate surface area is 101 Å². The van der Waals surface area contributed by atoms with Gasteiger partial charge < -0.3 is 10.4 Å². The zero-order valence-electron chi connectivity index (χ0n) is 11.0. The molecule has 0 aromatic rings. The van der Waals surface area contributed by atoms with Gasteiger partial charge in [0.05, 0.1) is 0 Å². The monoisotopic (exact) mass is 227 g/mol. The molecule has 0 amide bonds. The first-order valence-electron chi connectivity index (χ1n) is 7.07. The average Bonchev–Trinajstić information content (AvgIpc) is 2.28. The first kappa shape index (κ1) is 14.0. The fourth-order valence-electron chi connectivity index (χ4n) is 2.87. The molecule has 3 unspecified atom stereocenters. The predicted molar refractivity (Wildman–Crippen MR) is 69.5 cm³/mol. The second-order valence-electron chi connectivity index (χ2n) is 5.58. The largest absolute Gasteiger partial charge is 0.396 e. The van der Waals surface area contributed by atoms with E-state index in [1.807, 2.05) is 0 Å². The Hall–Kier alpha value is -0.0800. The van der Waals surface area contributed by atoms with Crippen LogP contribution in [0.25, 0.3) is 0 Å². The fraction of sp³-hybridized carbons (Fsp3) is 1.00. The van der Waals surface area contributed by atoms with E-state index in [9.17, 15) is 0 Å². The molecule has 0 aromatic carbocycles. The number of nitrogens with one attached hydrogen (secondary N) is 1. The van der Waals surface area contributed by atoms with Gasteiger partial charge in [0.1, 0.15) is 0 Å². The van der Waals surface area contributed by atoms with E-state index in [2.05, 4.69) is 19.2 Å². The van der Waals surface area contributed by atoms with Crippen LogP contribution in [0.1, 0.15) is 52.4 Å². The molecule has 0 radical (unpaired) electrons. The summed E-state index contributed by atoms with van der Waals surface area (Å²) in [6.45, 7) is 7.20. The van der Waals surface area contributed by atoms with Gasteiger partial charge in [0.2, 0.25) is 0 Å². The predicted octanol–water partition coefficient (Wildman–Crippen LogP) is 2.81. The maximum Gasteiger partial charge on any atom is 0.0434 e. The maximum absolute atomic E-state index is 8.92. The van der Waals surface area contributed by atoms with Gasteiger partial charge in [-0.1, -0.05) is 33.1 Å². The van der Waals surface area contributed by atoms with Crippen molar-refractivity contribution in [3.63, 3.8) is 0 Å². The zero-order chi connectivity index (χ0) is 11.8. The van der Waals surface area contributed by atoms with Gasteiger partial charge in [0.25, 0.3) is 0 Å². The molecule has 2 nitrogen and oxygen atoms in total. The van der Waals surface area contributed by atoms with Crippen LogP contribution in [0, 0.1) is 17.8 Å². The van der Waals surface area contributed by atoms with Crippen LogP contribution in [0.2, 0.25) is 0 Å². The van der Waals surface area contributed by atoms with Crippen LogP contribution in [0.15, 0.2) is 0 Å². The minimum Gasteiger partial charge on any atom is -0.396 e. The van der Waals surface area contributed by atoms with Crippen molar-refractivity contribution in [2.24, 2.45) is 17.8 Å². The van der Waals surface area contributed by atoms with Crippen LogP contribution in [0.3, 0.4) is 0 Å². The minimum absolute atomic E-state index is 0.334. The summed E-state index contributed by atoms with van der Waals surface area (Å²) in [6.07, 6.45) is 7.79. The lowest BCUT2D eigenvalue weighted by atomic mass is 9.82. The highest BCUT2D eigenvalue weighted by molar-refractivity contribution is 4.73. The third kappa shape index (κ3) is 5.31. The first-order chi connectivity index (χ1) is 7.76. The Bertz CT molecular complexity index is 172. The summed E-state index contributed by atoms with van der Waals surface area (Å²) in [4.78, 5) is 0. The van der Waals surface area contributed by atoms with E-state index in [-0.39, 0.29) is 0 Å². The fourth-order valence-corrected chi connectivity index (χ4v) is 2.87. The van der Waals surface area contributed by atoms with Crippen LogP contribution < -0.4 is 5.32 Å². The normalized spacial score (nSPS) is 27.9. The standard InChI is InChI=1S/C14H29NO/c1-3-13(7-8-16)10-15-11-14-6-4-5-12(2)9-14/h12-16H,3-11H2,1-2H3. The average molecular weight is 227 g/mol. The molecule has 1 aliphatic rings. The van der Waals surface area contributed by atoms with Crippen LogP contribution >= 0.6 is 0 Å². The van der Waals surface area contributed by atoms with Gasteiger partial charge in [-0.3, -0.25) is 0 Å². The first-order valence-corrected chi connectivity index (χ1v) is 7.07. The highest BCUT2D eigenvalue weighted by atomic mass is 16.3. The van der Waals surface area contributed by atoms with Gasteiger partial charge in [0.15, 0.2) is 0 Å². The third-order valence-electron chi connectivity index (χ3n) is 4.03. The van der Waals surface area contributed by atoms with Crippen molar-refractivity contribution in [3.8, 4) is 0 Å². The molecule has 2 heteroatoms. The van der Waals surface area contributed by atoms with Gasteiger partial charge in [-0.15, -0.1) is 0 Å². The molecule has 0 saturated heterocycles. The number of aliphatic hydroxyl groups excluding tert-OH is 1. The highest BCUT2D eigenvalue weighted by Gasteiger charge is 2.18. The van der Waals surface area contributed by atoms with E-state index in [0.717, 1.165) is 24.8 Å². The van der Waals surface area contributed by atoms with Crippen LogP contribution in [-0.2, 0) is 0 Å². The van der Waals surface area contributed by atoms with Crippen LogP contribution in [0.5, 0.6) is 0 Å². The zero-order valence-corrected chi connectivity index (χ0v) is 11.0. The van der Waals surface area contributed by atoms with Crippen molar-refractivity contribution in [1.82, 2.24) is 5.32 Å². The van der Waals surface area contributed by atoms with E-state index >= 15 is 0 Å². The summed E-state index contributed by atoms with van der Waals surface area (Å²) in [7, 11) is 0. The lowest BCUT2D eigenvalue weighted by Gasteiger charge is -2.27. The Morgan fingerprint density at radius 3 is 2.81 bits per heavy atom. The molecule has 16 heavy (non-hydrogen) atoms. The van der Waals surface area contributed by atoms with E-state index in [4.69, 9.17) is 5.11 Å². The lowest BCUT2D eigenvalue weighted by molar-refractivity contribution is 0.241. The Morgan fingerprint density at radius 1 is 1.38 bits per heavy atom. The topological polar surface area (TPSA) is 32.3 Å². The van der Waals surface area contributed by atoms with Gasteiger partial charge in [-0.25, -0.2) is 0 Å². The molecule has 0 bridgehead atoms. The molecule has 2 N–H and O–H groups in total. The highest BCUT2D eigenvalue weighted by Crippen LogP contribution is 2.27. The molecule has 0 spiro atoms. The Kier molecular flexibility index (Phi) is 7.06. The number of rotatable bonds is 7. The second-order valence-corrected chi connectivity index (χ2v) is 5.58. The maximum atomic E-state index is 8.92. The molecular formula is C14H29NO. The molecule has 0 aliphatic heterocycles. The van der Waals surface area contributed by atoms with Gasteiger partial charge in [-0.05, 0) is 50.1 Å². The summed E-state index contributed by atoms with van der Waals surface area (Å²) < 4.78 is 0. The lowest BCUT2D eigenvalue weighted by Crippen LogP contribution is -2.30. The summed E-state index contributed by atoms with van der Waals surface area (Å²) in [5.41, 5.74) is 0. The number of hydrogen-bond acceptors (Lipinski definition) is 2. The molecule has 3 atom stereocenters. The molecule has 1 fully saturated rings. The van der Waals surface area contributed by atoms with Crippen LogP contribution in [-0.4, -0.2) is 24.8 Å². The molecule has 1 aliphatic carbocycles. The molecule has 0 heterocycles. The molecular weight excluding hydrogens is 198 g/mol. The Balaban J connectivity index is 2.09. The second kappa shape index (κ2) is 8.08. The smallest absolute Gasteiger partial charge is 0.0434 e. The summed E-state index contributed by atoms with van der Waals surface area (Å²) >= 11 is 0. The molecule has 1 saturated carbocycles. The molecule has 1 rings (SSSR count). The van der Waals surface area contributed by atoms with Crippen molar-refractivity contribution >= 4 is 0 Å². The van der Waals surface area contributed by atoms with Gasteiger partial charge >= 0.3 is 0 Å². The number of hydrogen-bond donors (Lipinski definition) is 2. The van der Waals surface area contributed by atoms with E-state index in [1.165, 1.54) is 38.6 Å². The van der Waals surface area contributed by atoms with Crippen molar-refractivity contribution < 1.29 is 5.11 Å². The summed E-state index contributed by atoms with van der Waals surface area (Å²) in [5, 5.41) is 12.5. The van der Waals surface area contributed by atoms with Gasteiger partial charge in [-0.2, -0.15) is 0 Å². The van der Waals surface area contributed by atoms with Crippen molar-refractivity contribution in [2.75, 3.05) is 19.7 Å². The summed E-state index contributed by atoms with van der Waals surface area (Å²) in [6, 6.07) is 0. The quantitative estimate of drug-likeness (QED) is 0.701. The van der Waals surface area contributed by atoms with Crippen molar-refractivity contribution in [3.05, 3.63) is 0 Å². The van der Waals surface area contributed by atoms with Crippen molar-refractivity contribution in [1.29, 1.82) is 0 Å². The van der Waals surface area contributed by atoms with Crippen LogP contribution in [0.4, 0.5) is 0 Å². The minimum atomic E-state index is 0.334. The van der Waals surface area contributed by atoms with E-state index in [1.54, 1.807) is 0 Å². The SMILES string of the molecule is CCC(CCO)CNCC1CCCC(C)C1. The number of aliphatic hydroxyl groups is 1. The summed E-state index contributed by atoms with van der Waals surface area (Å²) in [5.74, 6) is 2.49. The van der Waals surface area contributed by atoms with E-state index in [0.29, 0.717) is 12.5 Å². The van der Waals surface area contributed by atoms with E-state index < -0.39 is 0 Å². The molecule has 96 valence electrons. The molecule has 0 aromatic heterocycles.